The second-order valence-electron chi connectivity index (χ2n) is 6.67. The molecule has 0 aliphatic heterocycles. The zero-order valence-electron chi connectivity index (χ0n) is 15.7. The van der Waals surface area contributed by atoms with Crippen LogP contribution in [0.25, 0.3) is 10.8 Å². The molecule has 0 aromatic heterocycles. The van der Waals surface area contributed by atoms with Gasteiger partial charge in [-0.25, -0.2) is 0 Å². The number of fused-ring (bicyclic) bond motifs is 1. The summed E-state index contributed by atoms with van der Waals surface area (Å²) in [4.78, 5) is 0. The summed E-state index contributed by atoms with van der Waals surface area (Å²) in [5.41, 5.74) is 3.70. The lowest BCUT2D eigenvalue weighted by Gasteiger charge is -2.15. The summed E-state index contributed by atoms with van der Waals surface area (Å²) in [6.07, 6.45) is 1.11. The van der Waals surface area contributed by atoms with E-state index in [2.05, 4.69) is 78.2 Å². The second kappa shape index (κ2) is 9.37. The van der Waals surface area contributed by atoms with Crippen LogP contribution in [0, 0.1) is 6.92 Å². The van der Waals surface area contributed by atoms with Crippen molar-refractivity contribution in [3.8, 4) is 5.75 Å². The maximum atomic E-state index is 6.20. The van der Waals surface area contributed by atoms with E-state index in [9.17, 15) is 0 Å². The number of nitrogens with one attached hydrogen (secondary N) is 2. The molecule has 0 aliphatic carbocycles. The zero-order valence-corrected chi connectivity index (χ0v) is 15.7. The quantitative estimate of drug-likeness (QED) is 0.561. The van der Waals surface area contributed by atoms with Gasteiger partial charge in [-0.2, -0.15) is 0 Å². The van der Waals surface area contributed by atoms with Crippen molar-refractivity contribution in [3.63, 3.8) is 0 Å². The molecular formula is C23H28N2O. The van der Waals surface area contributed by atoms with Crippen LogP contribution in [0.15, 0.2) is 60.7 Å². The third kappa shape index (κ3) is 4.84. The largest absolute Gasteiger partial charge is 0.489 e. The van der Waals surface area contributed by atoms with E-state index in [0.717, 1.165) is 31.8 Å². The molecule has 0 heterocycles. The van der Waals surface area contributed by atoms with E-state index < -0.39 is 0 Å². The van der Waals surface area contributed by atoms with Gasteiger partial charge in [0, 0.05) is 12.1 Å². The molecule has 0 bridgehead atoms. The fraction of sp³-hybridized carbons (Fsp3) is 0.304. The number of hydrogen-bond acceptors (Lipinski definition) is 3. The van der Waals surface area contributed by atoms with Gasteiger partial charge in [-0.05, 0) is 55.9 Å². The number of benzene rings is 3. The van der Waals surface area contributed by atoms with Gasteiger partial charge >= 0.3 is 0 Å². The van der Waals surface area contributed by atoms with Gasteiger partial charge in [-0.15, -0.1) is 0 Å². The third-order valence-corrected chi connectivity index (χ3v) is 4.59. The van der Waals surface area contributed by atoms with Gasteiger partial charge in [0.1, 0.15) is 12.4 Å². The molecule has 0 radical (unpaired) electrons. The van der Waals surface area contributed by atoms with Gasteiger partial charge < -0.3 is 15.4 Å². The summed E-state index contributed by atoms with van der Waals surface area (Å²) in [7, 11) is 1.99. The Morgan fingerprint density at radius 3 is 2.50 bits per heavy atom. The maximum absolute atomic E-state index is 6.20. The van der Waals surface area contributed by atoms with Gasteiger partial charge in [-0.3, -0.25) is 0 Å². The fourth-order valence-corrected chi connectivity index (χ4v) is 3.08. The summed E-state index contributed by atoms with van der Waals surface area (Å²) in [6, 6.07) is 21.3. The van der Waals surface area contributed by atoms with Crippen molar-refractivity contribution in [2.24, 2.45) is 0 Å². The molecule has 0 aliphatic rings. The number of aryl methyl sites for hydroxylation is 1. The molecule has 3 heteroatoms. The molecule has 3 aromatic carbocycles. The van der Waals surface area contributed by atoms with Crippen molar-refractivity contribution in [2.75, 3.05) is 20.1 Å². The van der Waals surface area contributed by atoms with E-state index in [1.165, 1.54) is 27.5 Å². The number of rotatable bonds is 9. The maximum Gasteiger partial charge on any atom is 0.124 e. The number of hydrogen-bond donors (Lipinski definition) is 2. The highest BCUT2D eigenvalue weighted by Gasteiger charge is 2.09. The van der Waals surface area contributed by atoms with E-state index in [4.69, 9.17) is 4.74 Å². The zero-order chi connectivity index (χ0) is 18.2. The first-order valence-corrected chi connectivity index (χ1v) is 9.32. The van der Waals surface area contributed by atoms with Crippen molar-refractivity contribution in [1.29, 1.82) is 0 Å². The number of ether oxygens (including phenoxy) is 1. The lowest BCUT2D eigenvalue weighted by Crippen LogP contribution is -2.20. The molecule has 3 nitrogen and oxygen atoms in total. The van der Waals surface area contributed by atoms with Crippen LogP contribution < -0.4 is 15.4 Å². The SMILES string of the molecule is CNCCCNCc1c(OCc2ccc(C)cc2)ccc2ccccc12. The minimum atomic E-state index is 0.589. The van der Waals surface area contributed by atoms with Crippen LogP contribution in [0.2, 0.25) is 0 Å². The highest BCUT2D eigenvalue weighted by atomic mass is 16.5. The monoisotopic (exact) mass is 348 g/mol. The van der Waals surface area contributed by atoms with Crippen LogP contribution in [-0.2, 0) is 13.2 Å². The molecule has 0 saturated carbocycles. The first-order valence-electron chi connectivity index (χ1n) is 9.32. The van der Waals surface area contributed by atoms with Crippen LogP contribution in [-0.4, -0.2) is 20.1 Å². The first kappa shape index (κ1) is 18.4. The van der Waals surface area contributed by atoms with Crippen LogP contribution in [0.5, 0.6) is 5.75 Å². The van der Waals surface area contributed by atoms with Crippen molar-refractivity contribution in [1.82, 2.24) is 10.6 Å². The lowest BCUT2D eigenvalue weighted by molar-refractivity contribution is 0.302. The minimum Gasteiger partial charge on any atom is -0.489 e. The van der Waals surface area contributed by atoms with Gasteiger partial charge in [0.15, 0.2) is 0 Å². The summed E-state index contributed by atoms with van der Waals surface area (Å²) in [6.45, 7) is 5.52. The van der Waals surface area contributed by atoms with Crippen LogP contribution in [0.4, 0.5) is 0 Å². The fourth-order valence-electron chi connectivity index (χ4n) is 3.08. The second-order valence-corrected chi connectivity index (χ2v) is 6.67. The average Bonchev–Trinajstić information content (AvgIpc) is 2.68. The molecule has 0 amide bonds. The van der Waals surface area contributed by atoms with E-state index in [1.807, 2.05) is 7.05 Å². The van der Waals surface area contributed by atoms with E-state index >= 15 is 0 Å². The average molecular weight is 348 g/mol. The van der Waals surface area contributed by atoms with Crippen molar-refractivity contribution in [3.05, 3.63) is 77.4 Å². The lowest BCUT2D eigenvalue weighted by atomic mass is 10.0. The van der Waals surface area contributed by atoms with E-state index in [1.54, 1.807) is 0 Å². The summed E-state index contributed by atoms with van der Waals surface area (Å²) in [5, 5.41) is 9.25. The summed E-state index contributed by atoms with van der Waals surface area (Å²) < 4.78 is 6.20. The molecule has 0 spiro atoms. The van der Waals surface area contributed by atoms with Crippen molar-refractivity contribution in [2.45, 2.75) is 26.5 Å². The Balaban J connectivity index is 1.76. The Morgan fingerprint density at radius 2 is 1.69 bits per heavy atom. The summed E-state index contributed by atoms with van der Waals surface area (Å²) in [5.74, 6) is 0.963. The Kier molecular flexibility index (Phi) is 6.64. The Bertz CT molecular complexity index is 827. The molecular weight excluding hydrogens is 320 g/mol. The smallest absolute Gasteiger partial charge is 0.124 e. The Labute approximate surface area is 156 Å². The van der Waals surface area contributed by atoms with Gasteiger partial charge in [0.05, 0.1) is 0 Å². The minimum absolute atomic E-state index is 0.589. The Morgan fingerprint density at radius 1 is 0.885 bits per heavy atom. The highest BCUT2D eigenvalue weighted by Crippen LogP contribution is 2.28. The molecule has 3 rings (SSSR count). The standard InChI is InChI=1S/C23H28N2O/c1-18-8-10-19(11-9-18)17-26-23-13-12-20-6-3-4-7-21(20)22(23)16-25-15-5-14-24-2/h3-4,6-13,24-25H,5,14-17H2,1-2H3. The topological polar surface area (TPSA) is 33.3 Å². The van der Waals surface area contributed by atoms with Gasteiger partial charge in [-0.1, -0.05) is 60.2 Å². The van der Waals surface area contributed by atoms with Crippen molar-refractivity contribution < 1.29 is 4.74 Å². The van der Waals surface area contributed by atoms with Crippen LogP contribution >= 0.6 is 0 Å². The van der Waals surface area contributed by atoms with E-state index in [0.29, 0.717) is 6.61 Å². The molecule has 26 heavy (non-hydrogen) atoms. The summed E-state index contributed by atoms with van der Waals surface area (Å²) >= 11 is 0. The van der Waals surface area contributed by atoms with E-state index in [-0.39, 0.29) is 0 Å². The molecule has 0 unspecified atom stereocenters. The molecule has 0 saturated heterocycles. The third-order valence-electron chi connectivity index (χ3n) is 4.59. The molecule has 3 aromatic rings. The predicted molar refractivity (Wildman–Crippen MR) is 110 cm³/mol. The first-order chi connectivity index (χ1) is 12.8. The molecule has 0 atom stereocenters. The molecule has 136 valence electrons. The highest BCUT2D eigenvalue weighted by molar-refractivity contribution is 5.87. The van der Waals surface area contributed by atoms with Crippen molar-refractivity contribution >= 4 is 10.8 Å². The van der Waals surface area contributed by atoms with Crippen LogP contribution in [0.3, 0.4) is 0 Å². The molecule has 0 fully saturated rings. The normalized spacial score (nSPS) is 11.0. The predicted octanol–water partition coefficient (Wildman–Crippen LogP) is 4.43. The molecule has 2 N–H and O–H groups in total. The Hall–Kier alpha value is -2.36. The van der Waals surface area contributed by atoms with Crippen LogP contribution in [0.1, 0.15) is 23.1 Å². The van der Waals surface area contributed by atoms with Gasteiger partial charge in [0.25, 0.3) is 0 Å². The van der Waals surface area contributed by atoms with Gasteiger partial charge in [0.2, 0.25) is 0 Å².